The fourth-order valence-electron chi connectivity index (χ4n) is 2.63. The predicted octanol–water partition coefficient (Wildman–Crippen LogP) is 3.42. The van der Waals surface area contributed by atoms with Gasteiger partial charge >= 0.3 is 0 Å². The minimum Gasteiger partial charge on any atom is -0.497 e. The minimum absolute atomic E-state index is 0.00131. The van der Waals surface area contributed by atoms with Crippen molar-refractivity contribution in [2.75, 3.05) is 7.11 Å². The van der Waals surface area contributed by atoms with Crippen molar-refractivity contribution < 1.29 is 9.53 Å². The van der Waals surface area contributed by atoms with Crippen LogP contribution in [0.2, 0.25) is 0 Å². The smallest absolute Gasteiger partial charge is 0.252 e. The molecule has 0 aromatic heterocycles. The minimum atomic E-state index is -0.203. The Morgan fingerprint density at radius 3 is 2.33 bits per heavy atom. The van der Waals surface area contributed by atoms with Crippen molar-refractivity contribution in [3.05, 3.63) is 65.2 Å². The highest BCUT2D eigenvalue weighted by Crippen LogP contribution is 2.46. The largest absolute Gasteiger partial charge is 0.497 e. The molecule has 2 aromatic carbocycles. The SMILES string of the molecule is COc1ccc(C2(NC(=O)c3ccccc3C)CC2)cc1. The van der Waals surface area contributed by atoms with E-state index in [2.05, 4.69) is 5.32 Å². The topological polar surface area (TPSA) is 38.3 Å². The molecule has 0 spiro atoms. The molecule has 0 atom stereocenters. The van der Waals surface area contributed by atoms with Gasteiger partial charge in [-0.1, -0.05) is 30.3 Å². The standard InChI is InChI=1S/C18H19NO2/c1-13-5-3-4-6-16(13)17(20)19-18(11-12-18)14-7-9-15(21-2)10-8-14/h3-10H,11-12H2,1-2H3,(H,19,20). The van der Waals surface area contributed by atoms with E-state index in [1.807, 2.05) is 55.5 Å². The van der Waals surface area contributed by atoms with Gasteiger partial charge in [0, 0.05) is 5.56 Å². The number of benzene rings is 2. The highest BCUT2D eigenvalue weighted by Gasteiger charge is 2.45. The average Bonchev–Trinajstić information content (AvgIpc) is 3.28. The van der Waals surface area contributed by atoms with Crippen molar-refractivity contribution >= 4 is 5.91 Å². The van der Waals surface area contributed by atoms with Gasteiger partial charge in [0.2, 0.25) is 0 Å². The third-order valence-electron chi connectivity index (χ3n) is 4.14. The molecular formula is C18H19NO2. The molecule has 1 aliphatic carbocycles. The molecule has 1 saturated carbocycles. The lowest BCUT2D eigenvalue weighted by Gasteiger charge is -2.19. The van der Waals surface area contributed by atoms with E-state index in [0.717, 1.165) is 35.3 Å². The van der Waals surface area contributed by atoms with Crippen LogP contribution in [0, 0.1) is 6.92 Å². The van der Waals surface area contributed by atoms with Crippen LogP contribution in [-0.2, 0) is 5.54 Å². The molecule has 0 unspecified atom stereocenters. The normalized spacial score (nSPS) is 15.3. The lowest BCUT2D eigenvalue weighted by Crippen LogP contribution is -2.35. The molecule has 108 valence electrons. The van der Waals surface area contributed by atoms with Crippen LogP contribution in [0.1, 0.15) is 34.3 Å². The van der Waals surface area contributed by atoms with Gasteiger partial charge in [-0.2, -0.15) is 0 Å². The van der Waals surface area contributed by atoms with Crippen molar-refractivity contribution in [3.63, 3.8) is 0 Å². The molecule has 2 aromatic rings. The first-order chi connectivity index (χ1) is 10.1. The second kappa shape index (κ2) is 5.24. The van der Waals surface area contributed by atoms with E-state index in [1.54, 1.807) is 7.11 Å². The number of ether oxygens (including phenoxy) is 1. The predicted molar refractivity (Wildman–Crippen MR) is 82.6 cm³/mol. The Kier molecular flexibility index (Phi) is 3.42. The summed E-state index contributed by atoms with van der Waals surface area (Å²) in [7, 11) is 1.65. The number of hydrogen-bond acceptors (Lipinski definition) is 2. The summed E-state index contributed by atoms with van der Waals surface area (Å²) >= 11 is 0. The summed E-state index contributed by atoms with van der Waals surface area (Å²) in [6, 6.07) is 15.6. The molecule has 0 radical (unpaired) electrons. The number of carbonyl (C=O) groups is 1. The molecule has 0 bridgehead atoms. The maximum atomic E-state index is 12.5. The Hall–Kier alpha value is -2.29. The monoisotopic (exact) mass is 281 g/mol. The van der Waals surface area contributed by atoms with Crippen molar-refractivity contribution in [3.8, 4) is 5.75 Å². The van der Waals surface area contributed by atoms with E-state index in [4.69, 9.17) is 4.74 Å². The van der Waals surface area contributed by atoms with Crippen LogP contribution in [0.5, 0.6) is 5.75 Å². The van der Waals surface area contributed by atoms with Crippen LogP contribution in [0.15, 0.2) is 48.5 Å². The van der Waals surface area contributed by atoms with Crippen LogP contribution in [0.3, 0.4) is 0 Å². The van der Waals surface area contributed by atoms with E-state index >= 15 is 0 Å². The Balaban J connectivity index is 1.80. The zero-order valence-corrected chi connectivity index (χ0v) is 12.3. The van der Waals surface area contributed by atoms with E-state index in [0.29, 0.717) is 0 Å². The number of nitrogens with one attached hydrogen (secondary N) is 1. The maximum Gasteiger partial charge on any atom is 0.252 e. The number of rotatable bonds is 4. The summed E-state index contributed by atoms with van der Waals surface area (Å²) in [5.41, 5.74) is 2.69. The van der Waals surface area contributed by atoms with E-state index in [9.17, 15) is 4.79 Å². The van der Waals surface area contributed by atoms with Crippen molar-refractivity contribution in [2.24, 2.45) is 0 Å². The average molecular weight is 281 g/mol. The molecule has 1 fully saturated rings. The molecule has 1 amide bonds. The highest BCUT2D eigenvalue weighted by atomic mass is 16.5. The Morgan fingerprint density at radius 1 is 1.10 bits per heavy atom. The maximum absolute atomic E-state index is 12.5. The second-order valence-corrected chi connectivity index (χ2v) is 5.58. The zero-order valence-electron chi connectivity index (χ0n) is 12.3. The van der Waals surface area contributed by atoms with Gasteiger partial charge < -0.3 is 10.1 Å². The van der Waals surface area contributed by atoms with Crippen molar-refractivity contribution in [1.82, 2.24) is 5.32 Å². The molecule has 0 heterocycles. The van der Waals surface area contributed by atoms with Crippen LogP contribution < -0.4 is 10.1 Å². The number of aryl methyl sites for hydroxylation is 1. The molecule has 1 N–H and O–H groups in total. The van der Waals surface area contributed by atoms with E-state index in [-0.39, 0.29) is 11.4 Å². The summed E-state index contributed by atoms with van der Waals surface area (Å²) in [4.78, 5) is 12.5. The first-order valence-corrected chi connectivity index (χ1v) is 7.17. The molecule has 21 heavy (non-hydrogen) atoms. The summed E-state index contributed by atoms with van der Waals surface area (Å²) in [5.74, 6) is 0.834. The van der Waals surface area contributed by atoms with Gasteiger partial charge in [0.25, 0.3) is 5.91 Å². The summed E-state index contributed by atoms with van der Waals surface area (Å²) in [6.07, 6.45) is 1.97. The van der Waals surface area contributed by atoms with Crippen molar-refractivity contribution in [2.45, 2.75) is 25.3 Å². The highest BCUT2D eigenvalue weighted by molar-refractivity contribution is 5.96. The number of hydrogen-bond donors (Lipinski definition) is 1. The Morgan fingerprint density at radius 2 is 1.76 bits per heavy atom. The first kappa shape index (κ1) is 13.7. The zero-order chi connectivity index (χ0) is 14.9. The van der Waals surface area contributed by atoms with E-state index < -0.39 is 0 Å². The third kappa shape index (κ3) is 2.64. The molecule has 3 nitrogen and oxygen atoms in total. The van der Waals surface area contributed by atoms with Gasteiger partial charge in [-0.25, -0.2) is 0 Å². The molecule has 0 saturated heterocycles. The number of methoxy groups -OCH3 is 1. The van der Waals surface area contributed by atoms with Gasteiger partial charge in [0.05, 0.1) is 12.6 Å². The van der Waals surface area contributed by atoms with Crippen LogP contribution >= 0.6 is 0 Å². The van der Waals surface area contributed by atoms with E-state index in [1.165, 1.54) is 0 Å². The van der Waals surface area contributed by atoms with Gasteiger partial charge in [-0.3, -0.25) is 4.79 Å². The Bertz CT molecular complexity index is 657. The molecule has 3 heteroatoms. The summed E-state index contributed by atoms with van der Waals surface area (Å²) < 4.78 is 5.18. The lowest BCUT2D eigenvalue weighted by molar-refractivity contribution is 0.0930. The fraction of sp³-hybridized carbons (Fsp3) is 0.278. The molecule has 0 aliphatic heterocycles. The van der Waals surface area contributed by atoms with Gasteiger partial charge in [-0.15, -0.1) is 0 Å². The molecule has 1 aliphatic rings. The second-order valence-electron chi connectivity index (χ2n) is 5.58. The van der Waals surface area contributed by atoms with Crippen LogP contribution in [0.4, 0.5) is 0 Å². The fourth-order valence-corrected chi connectivity index (χ4v) is 2.63. The van der Waals surface area contributed by atoms with Gasteiger partial charge in [0.1, 0.15) is 5.75 Å². The van der Waals surface area contributed by atoms with Crippen molar-refractivity contribution in [1.29, 1.82) is 0 Å². The number of carbonyl (C=O) groups excluding carboxylic acids is 1. The third-order valence-corrected chi connectivity index (χ3v) is 4.14. The summed E-state index contributed by atoms with van der Waals surface area (Å²) in [6.45, 7) is 1.96. The van der Waals surface area contributed by atoms with Crippen LogP contribution in [-0.4, -0.2) is 13.0 Å². The summed E-state index contributed by atoms with van der Waals surface area (Å²) in [5, 5.41) is 3.20. The van der Waals surface area contributed by atoms with Gasteiger partial charge in [0.15, 0.2) is 0 Å². The first-order valence-electron chi connectivity index (χ1n) is 7.17. The molecular weight excluding hydrogens is 262 g/mol. The Labute approximate surface area is 124 Å². The van der Waals surface area contributed by atoms with Gasteiger partial charge in [-0.05, 0) is 49.1 Å². The lowest BCUT2D eigenvalue weighted by atomic mass is 10.0. The quantitative estimate of drug-likeness (QED) is 0.932. The van der Waals surface area contributed by atoms with Crippen LogP contribution in [0.25, 0.3) is 0 Å². The number of amides is 1. The molecule has 3 rings (SSSR count).